The topological polar surface area (TPSA) is 18.8 Å². The zero-order chi connectivity index (χ0) is 6.85. The van der Waals surface area contributed by atoms with Crippen LogP contribution < -0.4 is 0 Å². The van der Waals surface area contributed by atoms with Gasteiger partial charge in [0, 0.05) is 26.0 Å². The van der Waals surface area contributed by atoms with Gasteiger partial charge in [-0.2, -0.15) is 5.10 Å². The first-order valence-electron chi connectivity index (χ1n) is 2.88. The summed E-state index contributed by atoms with van der Waals surface area (Å²) in [6, 6.07) is 0. The molecular weight excluding hydrogens is 114 g/mol. The zero-order valence-corrected chi connectivity index (χ0v) is 6.00. The minimum atomic E-state index is 1.15. The van der Waals surface area contributed by atoms with Gasteiger partial charge in [0.15, 0.2) is 0 Å². The first kappa shape index (κ1) is 6.13. The Balaban J connectivity index is 2.70. The number of hydrazone groups is 1. The van der Waals surface area contributed by atoms with Gasteiger partial charge in [-0.3, -0.25) is 5.01 Å². The first-order chi connectivity index (χ1) is 4.20. The van der Waals surface area contributed by atoms with Gasteiger partial charge in [0.05, 0.1) is 0 Å². The van der Waals surface area contributed by atoms with Gasteiger partial charge in [-0.25, -0.2) is 0 Å². The molecule has 0 saturated carbocycles. The van der Waals surface area contributed by atoms with Crippen molar-refractivity contribution in [1.29, 1.82) is 0 Å². The average molecular weight is 125 g/mol. The van der Waals surface area contributed by atoms with Crippen LogP contribution in [0.25, 0.3) is 0 Å². The lowest BCUT2D eigenvalue weighted by Crippen LogP contribution is -2.21. The maximum atomic E-state index is 4.06. The van der Waals surface area contributed by atoms with Crippen molar-refractivity contribution in [1.82, 2.24) is 9.91 Å². The van der Waals surface area contributed by atoms with Crippen LogP contribution in [0.1, 0.15) is 6.92 Å². The van der Waals surface area contributed by atoms with Crippen molar-refractivity contribution in [3.8, 4) is 0 Å². The van der Waals surface area contributed by atoms with Crippen LogP contribution in [0.5, 0.6) is 0 Å². The van der Waals surface area contributed by atoms with Crippen LogP contribution in [0.3, 0.4) is 0 Å². The minimum absolute atomic E-state index is 1.15. The standard InChI is InChI=1S/C6H11N3/c1-6-4-8(2)5-7-9(6)3/h4-5H,1-3H3. The van der Waals surface area contributed by atoms with Crippen LogP contribution in [0, 0.1) is 0 Å². The van der Waals surface area contributed by atoms with Crippen LogP contribution in [0.15, 0.2) is 17.0 Å². The van der Waals surface area contributed by atoms with Crippen LogP contribution in [-0.4, -0.2) is 30.3 Å². The van der Waals surface area contributed by atoms with Gasteiger partial charge < -0.3 is 4.90 Å². The van der Waals surface area contributed by atoms with Gasteiger partial charge in [0.2, 0.25) is 0 Å². The summed E-state index contributed by atoms with van der Waals surface area (Å²) in [5.41, 5.74) is 1.15. The van der Waals surface area contributed by atoms with Crippen LogP contribution in [-0.2, 0) is 0 Å². The van der Waals surface area contributed by atoms with Gasteiger partial charge >= 0.3 is 0 Å². The number of rotatable bonds is 0. The van der Waals surface area contributed by atoms with Crippen molar-refractivity contribution in [2.75, 3.05) is 14.1 Å². The second-order valence-electron chi connectivity index (χ2n) is 2.19. The Hall–Kier alpha value is -0.990. The lowest BCUT2D eigenvalue weighted by Gasteiger charge is -2.21. The molecular formula is C6H11N3. The Kier molecular flexibility index (Phi) is 1.42. The van der Waals surface area contributed by atoms with E-state index >= 15 is 0 Å². The van der Waals surface area contributed by atoms with E-state index < -0.39 is 0 Å². The molecule has 1 aliphatic rings. The van der Waals surface area contributed by atoms with E-state index in [1.54, 1.807) is 6.34 Å². The summed E-state index contributed by atoms with van der Waals surface area (Å²) in [6.45, 7) is 2.02. The fraction of sp³-hybridized carbons (Fsp3) is 0.500. The third-order valence-corrected chi connectivity index (χ3v) is 1.31. The molecule has 0 atom stereocenters. The molecule has 1 aliphatic heterocycles. The summed E-state index contributed by atoms with van der Waals surface area (Å²) >= 11 is 0. The van der Waals surface area contributed by atoms with E-state index in [1.165, 1.54) is 0 Å². The summed E-state index contributed by atoms with van der Waals surface area (Å²) in [7, 11) is 3.88. The summed E-state index contributed by atoms with van der Waals surface area (Å²) in [4.78, 5) is 1.93. The van der Waals surface area contributed by atoms with Crippen molar-refractivity contribution in [2.24, 2.45) is 5.10 Å². The average Bonchev–Trinajstić information content (AvgIpc) is 1.80. The number of nitrogens with zero attached hydrogens (tertiary/aromatic N) is 3. The molecule has 0 amide bonds. The van der Waals surface area contributed by atoms with Gasteiger partial charge in [-0.15, -0.1) is 0 Å². The second kappa shape index (κ2) is 2.09. The van der Waals surface area contributed by atoms with E-state index in [0.717, 1.165) is 5.70 Å². The summed E-state index contributed by atoms with van der Waals surface area (Å²) in [6.07, 6.45) is 3.79. The predicted molar refractivity (Wildman–Crippen MR) is 37.8 cm³/mol. The molecule has 0 bridgehead atoms. The van der Waals surface area contributed by atoms with E-state index in [2.05, 4.69) is 5.10 Å². The van der Waals surface area contributed by atoms with Gasteiger partial charge in [-0.1, -0.05) is 0 Å². The largest absolute Gasteiger partial charge is 0.339 e. The van der Waals surface area contributed by atoms with Crippen LogP contribution in [0.4, 0.5) is 0 Å². The lowest BCUT2D eigenvalue weighted by atomic mass is 10.5. The zero-order valence-electron chi connectivity index (χ0n) is 6.00. The van der Waals surface area contributed by atoms with E-state index in [1.807, 2.05) is 37.1 Å². The maximum Gasteiger partial charge on any atom is 0.115 e. The quantitative estimate of drug-likeness (QED) is 0.474. The Labute approximate surface area is 55.3 Å². The predicted octanol–water partition coefficient (Wildman–Crippen LogP) is 0.668. The van der Waals surface area contributed by atoms with Crippen molar-refractivity contribution in [2.45, 2.75) is 6.92 Å². The molecule has 1 heterocycles. The monoisotopic (exact) mass is 125 g/mol. The van der Waals surface area contributed by atoms with E-state index in [0.29, 0.717) is 0 Å². The van der Waals surface area contributed by atoms with Gasteiger partial charge in [0.25, 0.3) is 0 Å². The highest BCUT2D eigenvalue weighted by atomic mass is 15.5. The molecule has 0 unspecified atom stereocenters. The molecule has 3 heteroatoms. The third kappa shape index (κ3) is 1.22. The van der Waals surface area contributed by atoms with Crippen molar-refractivity contribution in [3.05, 3.63) is 11.9 Å². The molecule has 0 aromatic heterocycles. The normalized spacial score (nSPS) is 18.3. The molecule has 0 N–H and O–H groups in total. The minimum Gasteiger partial charge on any atom is -0.339 e. The molecule has 3 nitrogen and oxygen atoms in total. The first-order valence-corrected chi connectivity index (χ1v) is 2.88. The third-order valence-electron chi connectivity index (χ3n) is 1.31. The highest BCUT2D eigenvalue weighted by Gasteiger charge is 2.00. The van der Waals surface area contributed by atoms with Gasteiger partial charge in [0.1, 0.15) is 6.34 Å². The number of hydrogen-bond donors (Lipinski definition) is 0. The van der Waals surface area contributed by atoms with Crippen molar-refractivity contribution in [3.63, 3.8) is 0 Å². The summed E-state index contributed by atoms with van der Waals surface area (Å²) in [5.74, 6) is 0. The lowest BCUT2D eigenvalue weighted by molar-refractivity contribution is 0.412. The fourth-order valence-corrected chi connectivity index (χ4v) is 0.662. The second-order valence-corrected chi connectivity index (χ2v) is 2.19. The molecule has 0 spiro atoms. The molecule has 0 aromatic carbocycles. The number of hydrogen-bond acceptors (Lipinski definition) is 3. The maximum absolute atomic E-state index is 4.06. The smallest absolute Gasteiger partial charge is 0.115 e. The van der Waals surface area contributed by atoms with Crippen molar-refractivity contribution < 1.29 is 0 Å². The summed E-state index contributed by atoms with van der Waals surface area (Å²) < 4.78 is 0. The number of allylic oxidation sites excluding steroid dienone is 1. The molecule has 0 aliphatic carbocycles. The molecule has 9 heavy (non-hydrogen) atoms. The molecule has 0 radical (unpaired) electrons. The highest BCUT2D eigenvalue weighted by molar-refractivity contribution is 5.57. The highest BCUT2D eigenvalue weighted by Crippen LogP contribution is 2.04. The van der Waals surface area contributed by atoms with E-state index in [-0.39, 0.29) is 0 Å². The van der Waals surface area contributed by atoms with E-state index in [9.17, 15) is 0 Å². The fourth-order valence-electron chi connectivity index (χ4n) is 0.662. The van der Waals surface area contributed by atoms with Crippen molar-refractivity contribution >= 4 is 6.34 Å². The Bertz CT molecular complexity index is 160. The van der Waals surface area contributed by atoms with Crippen LogP contribution in [0.2, 0.25) is 0 Å². The SMILES string of the molecule is CC1=CN(C)C=NN1C. The van der Waals surface area contributed by atoms with Crippen LogP contribution >= 0.6 is 0 Å². The molecule has 0 aromatic rings. The van der Waals surface area contributed by atoms with E-state index in [4.69, 9.17) is 0 Å². The Morgan fingerprint density at radius 2 is 2.11 bits per heavy atom. The van der Waals surface area contributed by atoms with Gasteiger partial charge in [-0.05, 0) is 6.92 Å². The summed E-state index contributed by atoms with van der Waals surface area (Å²) in [5, 5.41) is 5.89. The Morgan fingerprint density at radius 3 is 2.56 bits per heavy atom. The molecule has 0 saturated heterocycles. The Morgan fingerprint density at radius 1 is 1.44 bits per heavy atom. The molecule has 50 valence electrons. The molecule has 1 rings (SSSR count). The molecule has 0 fully saturated rings.